The van der Waals surface area contributed by atoms with Crippen molar-refractivity contribution in [1.29, 1.82) is 0 Å². The molecular weight excluding hydrogens is 406 g/mol. The molecule has 1 N–H and O–H groups in total. The monoisotopic (exact) mass is 435 g/mol. The minimum Gasteiger partial charge on any atom is -0.497 e. The molecular formula is C21H29N3O7. The van der Waals surface area contributed by atoms with Crippen molar-refractivity contribution in [2.75, 3.05) is 61.3 Å². The second kappa shape index (κ2) is 12.6. The van der Waals surface area contributed by atoms with Gasteiger partial charge in [0.25, 0.3) is 5.91 Å². The van der Waals surface area contributed by atoms with Gasteiger partial charge in [0.15, 0.2) is 11.5 Å². The van der Waals surface area contributed by atoms with E-state index in [2.05, 4.69) is 10.5 Å². The summed E-state index contributed by atoms with van der Waals surface area (Å²) in [7, 11) is 6.20. The van der Waals surface area contributed by atoms with E-state index in [-0.39, 0.29) is 30.5 Å². The number of carbonyl (C=O) groups is 2. The SMILES string of the molecule is COCCNC(=O)CCN(CCOC)C(=O)c1cc(-c2cc(OC)ccc2OC)on1. The van der Waals surface area contributed by atoms with Gasteiger partial charge in [-0.15, -0.1) is 0 Å². The molecule has 31 heavy (non-hydrogen) atoms. The van der Waals surface area contributed by atoms with Crippen molar-refractivity contribution in [3.63, 3.8) is 0 Å². The molecule has 0 fully saturated rings. The number of benzene rings is 1. The molecule has 1 heterocycles. The molecule has 2 aromatic rings. The number of amides is 2. The lowest BCUT2D eigenvalue weighted by atomic mass is 10.1. The fraction of sp³-hybridized carbons (Fsp3) is 0.476. The van der Waals surface area contributed by atoms with E-state index in [9.17, 15) is 9.59 Å². The minimum absolute atomic E-state index is 0.121. The normalized spacial score (nSPS) is 10.6. The molecule has 0 saturated heterocycles. The average molecular weight is 435 g/mol. The van der Waals surface area contributed by atoms with Gasteiger partial charge < -0.3 is 33.7 Å². The molecule has 10 heteroatoms. The van der Waals surface area contributed by atoms with Gasteiger partial charge in [0.2, 0.25) is 5.91 Å². The lowest BCUT2D eigenvalue weighted by Crippen LogP contribution is -2.38. The van der Waals surface area contributed by atoms with Crippen LogP contribution in [0.1, 0.15) is 16.9 Å². The van der Waals surface area contributed by atoms with Crippen LogP contribution in [0, 0.1) is 0 Å². The molecule has 2 rings (SSSR count). The highest BCUT2D eigenvalue weighted by Crippen LogP contribution is 2.33. The van der Waals surface area contributed by atoms with Gasteiger partial charge in [-0.25, -0.2) is 0 Å². The summed E-state index contributed by atoms with van der Waals surface area (Å²) >= 11 is 0. The van der Waals surface area contributed by atoms with E-state index >= 15 is 0 Å². The van der Waals surface area contributed by atoms with E-state index in [0.717, 1.165) is 0 Å². The third kappa shape index (κ3) is 6.97. The lowest BCUT2D eigenvalue weighted by Gasteiger charge is -2.21. The van der Waals surface area contributed by atoms with Crippen molar-refractivity contribution >= 4 is 11.8 Å². The van der Waals surface area contributed by atoms with Crippen LogP contribution in [0.15, 0.2) is 28.8 Å². The zero-order valence-electron chi connectivity index (χ0n) is 18.3. The third-order valence-corrected chi connectivity index (χ3v) is 4.49. The summed E-state index contributed by atoms with van der Waals surface area (Å²) in [6, 6.07) is 6.78. The van der Waals surface area contributed by atoms with E-state index in [1.807, 2.05) is 0 Å². The Kier molecular flexibility index (Phi) is 9.79. The standard InChI is InChI=1S/C21H29N3O7/c1-27-11-8-22-20(25)7-9-24(10-12-28-2)21(26)17-14-19(31-23-17)16-13-15(29-3)5-6-18(16)30-4/h5-6,13-14H,7-12H2,1-4H3,(H,22,25). The highest BCUT2D eigenvalue weighted by molar-refractivity contribution is 5.93. The lowest BCUT2D eigenvalue weighted by molar-refractivity contribution is -0.121. The van der Waals surface area contributed by atoms with Crippen LogP contribution in [-0.4, -0.2) is 83.2 Å². The van der Waals surface area contributed by atoms with Crippen LogP contribution in [0.25, 0.3) is 11.3 Å². The molecule has 1 aromatic heterocycles. The summed E-state index contributed by atoms with van der Waals surface area (Å²) in [6.07, 6.45) is 0.146. The second-order valence-corrected chi connectivity index (χ2v) is 6.52. The van der Waals surface area contributed by atoms with Crippen molar-refractivity contribution in [2.24, 2.45) is 0 Å². The Labute approximate surface area is 181 Å². The van der Waals surface area contributed by atoms with Gasteiger partial charge in [-0.05, 0) is 18.2 Å². The van der Waals surface area contributed by atoms with Crippen LogP contribution in [0.5, 0.6) is 11.5 Å². The topological polar surface area (TPSA) is 112 Å². The Morgan fingerprint density at radius 1 is 1.03 bits per heavy atom. The van der Waals surface area contributed by atoms with Crippen LogP contribution in [0.3, 0.4) is 0 Å². The predicted molar refractivity (Wildman–Crippen MR) is 112 cm³/mol. The largest absolute Gasteiger partial charge is 0.497 e. The highest BCUT2D eigenvalue weighted by Gasteiger charge is 2.22. The molecule has 0 spiro atoms. The molecule has 10 nitrogen and oxygen atoms in total. The summed E-state index contributed by atoms with van der Waals surface area (Å²) in [5.41, 5.74) is 0.727. The van der Waals surface area contributed by atoms with Crippen molar-refractivity contribution in [3.05, 3.63) is 30.0 Å². The summed E-state index contributed by atoms with van der Waals surface area (Å²) in [6.45, 7) is 1.69. The van der Waals surface area contributed by atoms with E-state index in [0.29, 0.717) is 49.1 Å². The van der Waals surface area contributed by atoms with Gasteiger partial charge in [-0.3, -0.25) is 9.59 Å². The molecule has 0 aliphatic heterocycles. The molecule has 0 unspecified atom stereocenters. The zero-order chi connectivity index (χ0) is 22.6. The third-order valence-electron chi connectivity index (χ3n) is 4.49. The first-order valence-corrected chi connectivity index (χ1v) is 9.77. The number of nitrogens with one attached hydrogen (secondary N) is 1. The van der Waals surface area contributed by atoms with Crippen molar-refractivity contribution < 1.29 is 33.1 Å². The number of aromatic nitrogens is 1. The molecule has 0 atom stereocenters. The molecule has 0 bridgehead atoms. The van der Waals surface area contributed by atoms with Gasteiger partial charge >= 0.3 is 0 Å². The minimum atomic E-state index is -0.362. The van der Waals surface area contributed by atoms with Crippen LogP contribution in [0.4, 0.5) is 0 Å². The summed E-state index contributed by atoms with van der Waals surface area (Å²) in [5, 5.41) is 6.65. The molecule has 0 radical (unpaired) electrons. The molecule has 0 aliphatic carbocycles. The van der Waals surface area contributed by atoms with Gasteiger partial charge in [-0.2, -0.15) is 0 Å². The first-order valence-electron chi connectivity index (χ1n) is 9.77. The Balaban J connectivity index is 2.13. The first-order chi connectivity index (χ1) is 15.0. The Bertz CT molecular complexity index is 853. The predicted octanol–water partition coefficient (Wildman–Crippen LogP) is 1.60. The Morgan fingerprint density at radius 3 is 2.48 bits per heavy atom. The maximum absolute atomic E-state index is 13.0. The quantitative estimate of drug-likeness (QED) is 0.472. The van der Waals surface area contributed by atoms with Crippen LogP contribution >= 0.6 is 0 Å². The van der Waals surface area contributed by atoms with Gasteiger partial charge in [0, 0.05) is 46.3 Å². The van der Waals surface area contributed by atoms with Crippen LogP contribution in [-0.2, 0) is 14.3 Å². The smallest absolute Gasteiger partial charge is 0.276 e. The van der Waals surface area contributed by atoms with E-state index < -0.39 is 0 Å². The maximum Gasteiger partial charge on any atom is 0.276 e. The van der Waals surface area contributed by atoms with Crippen molar-refractivity contribution in [2.45, 2.75) is 6.42 Å². The molecule has 170 valence electrons. The van der Waals surface area contributed by atoms with E-state index in [1.165, 1.54) is 18.1 Å². The number of rotatable bonds is 13. The number of hydrogen-bond donors (Lipinski definition) is 1. The van der Waals surface area contributed by atoms with Gasteiger partial charge in [-0.1, -0.05) is 5.16 Å². The maximum atomic E-state index is 13.0. The number of nitrogens with zero attached hydrogens (tertiary/aromatic N) is 2. The van der Waals surface area contributed by atoms with Gasteiger partial charge in [0.1, 0.15) is 11.5 Å². The van der Waals surface area contributed by atoms with Crippen molar-refractivity contribution in [1.82, 2.24) is 15.4 Å². The molecule has 0 aliphatic rings. The Morgan fingerprint density at radius 2 is 1.81 bits per heavy atom. The molecule has 0 saturated carbocycles. The van der Waals surface area contributed by atoms with Crippen LogP contribution < -0.4 is 14.8 Å². The fourth-order valence-corrected chi connectivity index (χ4v) is 2.81. The summed E-state index contributed by atoms with van der Waals surface area (Å²) in [4.78, 5) is 26.5. The molecule has 1 aromatic carbocycles. The average Bonchev–Trinajstić information content (AvgIpc) is 3.28. The van der Waals surface area contributed by atoms with Crippen molar-refractivity contribution in [3.8, 4) is 22.8 Å². The number of methoxy groups -OCH3 is 4. The summed E-state index contributed by atoms with van der Waals surface area (Å²) < 4.78 is 26.0. The summed E-state index contributed by atoms with van der Waals surface area (Å²) in [5.74, 6) is 0.997. The number of carbonyl (C=O) groups excluding carboxylic acids is 2. The van der Waals surface area contributed by atoms with Gasteiger partial charge in [0.05, 0.1) is 33.0 Å². The second-order valence-electron chi connectivity index (χ2n) is 6.52. The van der Waals surface area contributed by atoms with E-state index in [4.69, 9.17) is 23.5 Å². The van der Waals surface area contributed by atoms with Crippen LogP contribution in [0.2, 0.25) is 0 Å². The number of hydrogen-bond acceptors (Lipinski definition) is 8. The zero-order valence-corrected chi connectivity index (χ0v) is 18.3. The number of ether oxygens (including phenoxy) is 4. The fourth-order valence-electron chi connectivity index (χ4n) is 2.81. The Hall–Kier alpha value is -3.11. The highest BCUT2D eigenvalue weighted by atomic mass is 16.5. The molecule has 2 amide bonds. The van der Waals surface area contributed by atoms with E-state index in [1.54, 1.807) is 39.5 Å². The first kappa shape index (κ1) is 24.2.